The fourth-order valence-corrected chi connectivity index (χ4v) is 2.99. The molecule has 4 heteroatoms. The molecule has 0 spiro atoms. The predicted molar refractivity (Wildman–Crippen MR) is 71.1 cm³/mol. The van der Waals surface area contributed by atoms with Gasteiger partial charge in [0.15, 0.2) is 0 Å². The summed E-state index contributed by atoms with van der Waals surface area (Å²) in [5.74, 6) is 0. The molecule has 0 aliphatic rings. The largest absolute Gasteiger partial charge is 0.304 e. The molecule has 2 aromatic heterocycles. The molecule has 1 unspecified atom stereocenters. The molecule has 0 aromatic carbocycles. The molecule has 2 nitrogen and oxygen atoms in total. The van der Waals surface area contributed by atoms with Crippen LogP contribution in [0.3, 0.4) is 0 Å². The number of thiophene rings is 1. The van der Waals surface area contributed by atoms with Gasteiger partial charge < -0.3 is 5.32 Å². The van der Waals surface area contributed by atoms with Gasteiger partial charge in [0.05, 0.1) is 10.7 Å². The van der Waals surface area contributed by atoms with Crippen molar-refractivity contribution in [1.29, 1.82) is 0 Å². The van der Waals surface area contributed by atoms with E-state index in [0.717, 1.165) is 18.7 Å². The van der Waals surface area contributed by atoms with Gasteiger partial charge in [0.2, 0.25) is 0 Å². The Labute approximate surface area is 104 Å². The molecular weight excluding hydrogens is 236 g/mol. The highest BCUT2D eigenvalue weighted by molar-refractivity contribution is 7.10. The number of thiazole rings is 1. The Bertz CT molecular complexity index is 420. The second-order valence-electron chi connectivity index (χ2n) is 3.70. The van der Waals surface area contributed by atoms with Gasteiger partial charge in [-0.1, -0.05) is 13.0 Å². The zero-order valence-electron chi connectivity index (χ0n) is 9.56. The topological polar surface area (TPSA) is 24.9 Å². The first-order chi connectivity index (χ1) is 7.79. The van der Waals surface area contributed by atoms with E-state index in [0.29, 0.717) is 6.04 Å². The summed E-state index contributed by atoms with van der Waals surface area (Å²) in [4.78, 5) is 5.92. The predicted octanol–water partition coefficient (Wildman–Crippen LogP) is 3.62. The van der Waals surface area contributed by atoms with Crippen molar-refractivity contribution in [2.45, 2.75) is 32.9 Å². The van der Waals surface area contributed by atoms with Crippen LogP contribution in [0.2, 0.25) is 0 Å². The normalized spacial score (nSPS) is 12.9. The molecule has 2 heterocycles. The second-order valence-corrected chi connectivity index (χ2v) is 5.63. The Balaban J connectivity index is 1.87. The van der Waals surface area contributed by atoms with Gasteiger partial charge in [-0.3, -0.25) is 0 Å². The van der Waals surface area contributed by atoms with Crippen molar-refractivity contribution >= 4 is 22.7 Å². The SMILES string of the molecule is CCc1nc(CNC(C)c2cccs2)cs1. The van der Waals surface area contributed by atoms with E-state index in [1.54, 1.807) is 22.7 Å². The van der Waals surface area contributed by atoms with Crippen LogP contribution < -0.4 is 5.32 Å². The fourth-order valence-electron chi connectivity index (χ4n) is 1.49. The number of rotatable bonds is 5. The highest BCUT2D eigenvalue weighted by Crippen LogP contribution is 2.19. The van der Waals surface area contributed by atoms with Gasteiger partial charge in [-0.2, -0.15) is 0 Å². The molecule has 1 atom stereocenters. The summed E-state index contributed by atoms with van der Waals surface area (Å²) in [7, 11) is 0. The van der Waals surface area contributed by atoms with Gasteiger partial charge in [0, 0.05) is 22.8 Å². The maximum atomic E-state index is 4.54. The van der Waals surface area contributed by atoms with E-state index in [2.05, 4.69) is 47.0 Å². The molecule has 0 aliphatic carbocycles. The molecule has 0 fully saturated rings. The quantitative estimate of drug-likeness (QED) is 0.879. The summed E-state index contributed by atoms with van der Waals surface area (Å²) in [6.45, 7) is 5.19. The minimum atomic E-state index is 0.409. The van der Waals surface area contributed by atoms with E-state index in [1.165, 1.54) is 9.88 Å². The first-order valence-electron chi connectivity index (χ1n) is 5.49. The van der Waals surface area contributed by atoms with E-state index in [4.69, 9.17) is 0 Å². The van der Waals surface area contributed by atoms with Crippen molar-refractivity contribution in [3.63, 3.8) is 0 Å². The Morgan fingerprint density at radius 2 is 2.31 bits per heavy atom. The number of aryl methyl sites for hydroxylation is 1. The third-order valence-electron chi connectivity index (χ3n) is 2.46. The Kier molecular flexibility index (Phi) is 4.09. The number of aromatic nitrogens is 1. The zero-order valence-corrected chi connectivity index (χ0v) is 11.2. The average Bonchev–Trinajstić information content (AvgIpc) is 2.96. The van der Waals surface area contributed by atoms with Crippen LogP contribution in [0.15, 0.2) is 22.9 Å². The molecule has 16 heavy (non-hydrogen) atoms. The van der Waals surface area contributed by atoms with Gasteiger partial charge in [-0.25, -0.2) is 4.98 Å². The van der Waals surface area contributed by atoms with E-state index in [-0.39, 0.29) is 0 Å². The number of nitrogens with one attached hydrogen (secondary N) is 1. The first kappa shape index (κ1) is 11.8. The first-order valence-corrected chi connectivity index (χ1v) is 7.25. The molecule has 0 bridgehead atoms. The number of hydrogen-bond donors (Lipinski definition) is 1. The van der Waals surface area contributed by atoms with Crippen LogP contribution >= 0.6 is 22.7 Å². The lowest BCUT2D eigenvalue weighted by molar-refractivity contribution is 0.576. The van der Waals surface area contributed by atoms with Crippen LogP contribution in [0.25, 0.3) is 0 Å². The van der Waals surface area contributed by atoms with E-state index in [9.17, 15) is 0 Å². The lowest BCUT2D eigenvalue weighted by Gasteiger charge is -2.10. The monoisotopic (exact) mass is 252 g/mol. The third kappa shape index (κ3) is 2.90. The molecule has 86 valence electrons. The fraction of sp³-hybridized carbons (Fsp3) is 0.417. The summed E-state index contributed by atoms with van der Waals surface area (Å²) in [6, 6.07) is 4.67. The molecular formula is C12H16N2S2. The molecule has 2 aromatic rings. The van der Waals surface area contributed by atoms with E-state index >= 15 is 0 Å². The van der Waals surface area contributed by atoms with Crippen LogP contribution in [0.1, 0.15) is 35.5 Å². The Hall–Kier alpha value is -0.710. The van der Waals surface area contributed by atoms with Crippen LogP contribution in [-0.2, 0) is 13.0 Å². The van der Waals surface area contributed by atoms with Crippen molar-refractivity contribution in [1.82, 2.24) is 10.3 Å². The second kappa shape index (κ2) is 5.57. The minimum absolute atomic E-state index is 0.409. The van der Waals surface area contributed by atoms with Crippen molar-refractivity contribution in [2.75, 3.05) is 0 Å². The van der Waals surface area contributed by atoms with Crippen molar-refractivity contribution < 1.29 is 0 Å². The Morgan fingerprint density at radius 1 is 1.44 bits per heavy atom. The van der Waals surface area contributed by atoms with Crippen LogP contribution in [-0.4, -0.2) is 4.98 Å². The summed E-state index contributed by atoms with van der Waals surface area (Å²) in [5.41, 5.74) is 1.16. The van der Waals surface area contributed by atoms with Crippen LogP contribution in [0, 0.1) is 0 Å². The molecule has 0 aliphatic heterocycles. The molecule has 1 N–H and O–H groups in total. The summed E-state index contributed by atoms with van der Waals surface area (Å²) < 4.78 is 0. The van der Waals surface area contributed by atoms with Crippen LogP contribution in [0.4, 0.5) is 0 Å². The smallest absolute Gasteiger partial charge is 0.0926 e. The molecule has 2 rings (SSSR count). The molecule has 0 radical (unpaired) electrons. The highest BCUT2D eigenvalue weighted by atomic mass is 32.1. The van der Waals surface area contributed by atoms with E-state index in [1.807, 2.05) is 0 Å². The average molecular weight is 252 g/mol. The van der Waals surface area contributed by atoms with Crippen LogP contribution in [0.5, 0.6) is 0 Å². The standard InChI is InChI=1S/C12H16N2S2/c1-3-12-14-10(8-16-12)7-13-9(2)11-5-4-6-15-11/h4-6,8-9,13H,3,7H2,1-2H3. The summed E-state index contributed by atoms with van der Waals surface area (Å²) in [5, 5.41) is 8.98. The van der Waals surface area contributed by atoms with Crippen molar-refractivity contribution in [3.8, 4) is 0 Å². The molecule has 0 saturated carbocycles. The van der Waals surface area contributed by atoms with Gasteiger partial charge in [0.1, 0.15) is 0 Å². The summed E-state index contributed by atoms with van der Waals surface area (Å²) in [6.07, 6.45) is 1.03. The molecule has 0 amide bonds. The Morgan fingerprint density at radius 3 is 2.94 bits per heavy atom. The summed E-state index contributed by atoms with van der Waals surface area (Å²) >= 11 is 3.55. The van der Waals surface area contributed by atoms with Gasteiger partial charge in [-0.05, 0) is 24.8 Å². The van der Waals surface area contributed by atoms with Crippen molar-refractivity contribution in [2.24, 2.45) is 0 Å². The maximum absolute atomic E-state index is 4.54. The van der Waals surface area contributed by atoms with E-state index < -0.39 is 0 Å². The van der Waals surface area contributed by atoms with Gasteiger partial charge >= 0.3 is 0 Å². The minimum Gasteiger partial charge on any atom is -0.304 e. The van der Waals surface area contributed by atoms with Gasteiger partial charge in [-0.15, -0.1) is 22.7 Å². The number of nitrogens with zero attached hydrogens (tertiary/aromatic N) is 1. The maximum Gasteiger partial charge on any atom is 0.0926 e. The lowest BCUT2D eigenvalue weighted by Crippen LogP contribution is -2.17. The lowest BCUT2D eigenvalue weighted by atomic mass is 10.2. The third-order valence-corrected chi connectivity index (χ3v) is 4.56. The zero-order chi connectivity index (χ0) is 11.4. The number of hydrogen-bond acceptors (Lipinski definition) is 4. The van der Waals surface area contributed by atoms with Crippen molar-refractivity contribution in [3.05, 3.63) is 38.5 Å². The van der Waals surface area contributed by atoms with Gasteiger partial charge in [0.25, 0.3) is 0 Å². The highest BCUT2D eigenvalue weighted by Gasteiger charge is 2.06. The molecule has 0 saturated heterocycles.